The monoisotopic (exact) mass is 1060 g/mol. The molecule has 0 saturated heterocycles. The Balaban J connectivity index is 0.000000237. The average Bonchev–Trinajstić information content (AvgIpc) is 3.41. The molecule has 0 aliphatic rings. The largest absolute Gasteiger partial charge is 0.207 e. The van der Waals surface area contributed by atoms with E-state index in [0.29, 0.717) is 5.56 Å². The lowest BCUT2D eigenvalue weighted by Gasteiger charge is -2.44. The molecule has 0 aliphatic carbocycles. The minimum atomic E-state index is -7.22. The van der Waals surface area contributed by atoms with Crippen LogP contribution in [0.5, 0.6) is 0 Å². The molecule has 23 heteroatoms. The van der Waals surface area contributed by atoms with Gasteiger partial charge in [0, 0.05) is 0 Å². The molecule has 0 spiro atoms. The van der Waals surface area contributed by atoms with Gasteiger partial charge in [0.05, 0.1) is 17.8 Å². The predicted octanol–water partition coefficient (Wildman–Crippen LogP) is 10.9. The summed E-state index contributed by atoms with van der Waals surface area (Å²) < 4.78 is 294. The number of halogens is 20. The van der Waals surface area contributed by atoms with E-state index in [1.54, 1.807) is 0 Å². The van der Waals surface area contributed by atoms with Crippen molar-refractivity contribution in [2.45, 2.75) is 6.16 Å². The molecule has 0 amide bonds. The Bertz CT molecular complexity index is 3010. The van der Waals surface area contributed by atoms with E-state index >= 15 is 35.1 Å². The first-order valence-corrected chi connectivity index (χ1v) is 22.3. The summed E-state index contributed by atoms with van der Waals surface area (Å²) in [7, 11) is -1.88. The fourth-order valence-electron chi connectivity index (χ4n) is 8.60. The zero-order valence-corrected chi connectivity index (χ0v) is 36.6. The summed E-state index contributed by atoms with van der Waals surface area (Å²) in [5, 5.41) is 13.3. The Morgan fingerprint density at radius 2 is 0.493 bits per heavy atom. The molecule has 1 nitrogen and oxygen atoms in total. The van der Waals surface area contributed by atoms with E-state index in [-0.39, 0.29) is 0 Å². The Kier molecular flexibility index (Phi) is 14.9. The minimum Gasteiger partial charge on any atom is -0.207 e. The third kappa shape index (κ3) is 8.52. The van der Waals surface area contributed by atoms with E-state index in [0.717, 1.165) is 6.16 Å². The second kappa shape index (κ2) is 20.5. The highest BCUT2D eigenvalue weighted by atomic mass is 31.2. The number of hydrogen-bond acceptors (Lipinski definition) is 1. The minimum absolute atomic E-state index is 0.701. The third-order valence-corrected chi connectivity index (χ3v) is 16.2. The molecule has 0 unspecified atom stereocenters. The van der Waals surface area contributed by atoms with Gasteiger partial charge in [-0.25, -0.2) is 87.8 Å². The Morgan fingerprint density at radius 3 is 0.699 bits per heavy atom. The second-order valence-electron chi connectivity index (χ2n) is 15.6. The van der Waals surface area contributed by atoms with Crippen LogP contribution in [0, 0.1) is 128 Å². The summed E-state index contributed by atoms with van der Waals surface area (Å²) in [6.07, 6.45) is -6.29. The van der Waals surface area contributed by atoms with Crippen LogP contribution < -0.4 is 37.8 Å². The molecular weight excluding hydrogens is 1040 g/mol. The number of hydrogen-bond donors (Lipinski definition) is 0. The van der Waals surface area contributed by atoms with Crippen molar-refractivity contribution in [2.75, 3.05) is 0 Å². The van der Waals surface area contributed by atoms with Crippen LogP contribution in [-0.4, -0.2) is 6.15 Å². The van der Waals surface area contributed by atoms with Crippen molar-refractivity contribution in [3.8, 4) is 6.07 Å². The topological polar surface area (TPSA) is 23.8 Å². The Labute approximate surface area is 398 Å². The summed E-state index contributed by atoms with van der Waals surface area (Å²) in [5.41, 5.74) is -12.4. The lowest BCUT2D eigenvalue weighted by molar-refractivity contribution is 0.378. The quantitative estimate of drug-likeness (QED) is 0.0465. The van der Waals surface area contributed by atoms with Gasteiger partial charge in [0.1, 0.15) is 75.9 Å². The van der Waals surface area contributed by atoms with Gasteiger partial charge in [-0.2, -0.15) is 5.26 Å². The molecule has 0 radical (unpaired) electrons. The molecule has 374 valence electrons. The zero-order chi connectivity index (χ0) is 53.6. The van der Waals surface area contributed by atoms with Gasteiger partial charge >= 0.3 is 0 Å². The maximum Gasteiger partial charge on any atom is 0.200 e. The van der Waals surface area contributed by atoms with Crippen LogP contribution in [0.15, 0.2) is 115 Å². The smallest absolute Gasteiger partial charge is 0.200 e. The molecule has 8 aromatic rings. The molecule has 0 saturated carbocycles. The maximum absolute atomic E-state index is 15.4. The molecule has 0 heterocycles. The number of benzene rings is 8. The van der Waals surface area contributed by atoms with Gasteiger partial charge in [-0.05, 0) is 54.1 Å². The molecule has 8 aromatic carbocycles. The van der Waals surface area contributed by atoms with Crippen molar-refractivity contribution in [1.29, 1.82) is 5.26 Å². The van der Waals surface area contributed by atoms with Gasteiger partial charge in [0.15, 0.2) is 69.8 Å². The van der Waals surface area contributed by atoms with Crippen molar-refractivity contribution in [3.63, 3.8) is 0 Å². The van der Waals surface area contributed by atoms with Crippen LogP contribution >= 0.6 is 7.26 Å². The zero-order valence-electron chi connectivity index (χ0n) is 35.7. The van der Waals surface area contributed by atoms with Gasteiger partial charge in [-0.15, -0.1) is 21.9 Å². The number of rotatable bonds is 9. The predicted molar refractivity (Wildman–Crippen MR) is 229 cm³/mol. The lowest BCUT2D eigenvalue weighted by atomic mass is 9.12. The van der Waals surface area contributed by atoms with E-state index in [1.165, 1.54) is 21.5 Å². The van der Waals surface area contributed by atoms with E-state index in [1.807, 2.05) is 12.1 Å². The van der Waals surface area contributed by atoms with Gasteiger partial charge in [-0.3, -0.25) is 0 Å². The van der Waals surface area contributed by atoms with E-state index < -0.39 is 152 Å². The Hall–Kier alpha value is -7.66. The summed E-state index contributed by atoms with van der Waals surface area (Å²) in [4.78, 5) is 0. The van der Waals surface area contributed by atoms with Crippen molar-refractivity contribution in [1.82, 2.24) is 0 Å². The highest BCUT2D eigenvalue weighted by molar-refractivity contribution is 7.95. The normalized spacial score (nSPS) is 11.6. The van der Waals surface area contributed by atoms with Gasteiger partial charge in [0.25, 0.3) is 0 Å². The number of nitrogens with zero attached hydrogens (tertiary/aromatic N) is 1. The fourth-order valence-corrected chi connectivity index (χ4v) is 12.8. The van der Waals surface area contributed by atoms with Crippen molar-refractivity contribution >= 4 is 51.2 Å². The summed E-state index contributed by atoms with van der Waals surface area (Å²) in [5.74, 6) is -71.4. The first-order chi connectivity index (χ1) is 34.5. The third-order valence-electron chi connectivity index (χ3n) is 11.8. The average molecular weight is 1060 g/mol. The molecule has 0 bridgehead atoms. The van der Waals surface area contributed by atoms with E-state index in [2.05, 4.69) is 109 Å². The molecule has 0 N–H and O–H groups in total. The molecule has 0 aromatic heterocycles. The molecule has 8 rings (SSSR count). The SMILES string of the molecule is Fc1c(F)c(F)c([B-](c2c(F)c(F)c(F)c(F)c2F)(c2c(F)c(F)c(F)c(F)c2F)c2c(F)c(F)c(F)c(F)c2F)c(F)c1F.N#Cc1ccc(C[P+](c2ccccc2)(c2ccccc2)c2ccccc2)cc1. The van der Waals surface area contributed by atoms with Crippen LogP contribution in [0.1, 0.15) is 11.1 Å². The highest BCUT2D eigenvalue weighted by Crippen LogP contribution is 2.58. The lowest BCUT2D eigenvalue weighted by Crippen LogP contribution is -2.81. The second-order valence-corrected chi connectivity index (χ2v) is 19.1. The van der Waals surface area contributed by atoms with Crippen molar-refractivity contribution in [3.05, 3.63) is 243 Å². The number of nitriles is 1. The molecule has 0 aliphatic heterocycles. The van der Waals surface area contributed by atoms with Crippen LogP contribution in [0.25, 0.3) is 0 Å². The van der Waals surface area contributed by atoms with Crippen LogP contribution in [-0.2, 0) is 6.16 Å². The fraction of sp³-hybridized carbons (Fsp3) is 0.0200. The van der Waals surface area contributed by atoms with Crippen LogP contribution in [0.4, 0.5) is 87.8 Å². The van der Waals surface area contributed by atoms with E-state index in [4.69, 9.17) is 5.26 Å². The molecule has 0 fully saturated rings. The van der Waals surface area contributed by atoms with Gasteiger partial charge in [0.2, 0.25) is 0 Å². The van der Waals surface area contributed by atoms with Crippen LogP contribution in [0.2, 0.25) is 0 Å². The molecular formula is C50H21BF20NP. The summed E-state index contributed by atoms with van der Waals surface area (Å²) >= 11 is 0. The summed E-state index contributed by atoms with van der Waals surface area (Å²) in [6, 6.07) is 42.9. The van der Waals surface area contributed by atoms with Crippen molar-refractivity contribution in [2.24, 2.45) is 0 Å². The first-order valence-electron chi connectivity index (χ1n) is 20.3. The Morgan fingerprint density at radius 1 is 0.288 bits per heavy atom. The standard InChI is InChI=1S/C26H21NP.C24BF20/c27-20-22-16-18-23(19-17-22)21-28(24-10-4-1-5-11-24,25-12-6-2-7-13-25)26-14-8-3-9-15-26;26-5-1(6(27)14(35)21(42)13(5)34)25(2-7(28)15(36)22(43)16(37)8(2)29,3-9(30)17(38)23(44)18(39)10(3)31)4-11(32)19(40)24(45)20(41)12(4)33/h1-19H,21H2;/q+1;-1. The molecule has 0 atom stereocenters. The van der Waals surface area contributed by atoms with E-state index in [9.17, 15) is 52.7 Å². The van der Waals surface area contributed by atoms with Gasteiger partial charge in [-0.1, -0.05) is 66.7 Å². The summed E-state index contributed by atoms with van der Waals surface area (Å²) in [6.45, 7) is 0. The van der Waals surface area contributed by atoms with Crippen LogP contribution in [0.3, 0.4) is 0 Å². The first kappa shape index (κ1) is 53.2. The van der Waals surface area contributed by atoms with Crippen molar-refractivity contribution < 1.29 is 87.8 Å². The van der Waals surface area contributed by atoms with Gasteiger partial charge < -0.3 is 0 Å². The molecule has 73 heavy (non-hydrogen) atoms. The highest BCUT2D eigenvalue weighted by Gasteiger charge is 2.52. The maximum atomic E-state index is 15.4.